The van der Waals surface area contributed by atoms with Crippen molar-refractivity contribution in [2.45, 2.75) is 19.8 Å². The molecule has 0 unspecified atom stereocenters. The smallest absolute Gasteiger partial charge is 0.216 e. The number of amides is 1. The molecule has 0 atom stereocenters. The average Bonchev–Trinajstić information content (AvgIpc) is 2.39. The average molecular weight is 262 g/mol. The van der Waals surface area contributed by atoms with Gasteiger partial charge in [-0.1, -0.05) is 6.07 Å². The van der Waals surface area contributed by atoms with E-state index in [1.165, 1.54) is 6.92 Å². The SMILES string of the molecule is COc1ccc(CC#N)c(CCNC(C)=O)c1OC. The monoisotopic (exact) mass is 262 g/mol. The van der Waals surface area contributed by atoms with Crippen molar-refractivity contribution < 1.29 is 14.3 Å². The minimum absolute atomic E-state index is 0.0799. The summed E-state index contributed by atoms with van der Waals surface area (Å²) in [6, 6.07) is 5.77. The van der Waals surface area contributed by atoms with Crippen LogP contribution in [-0.2, 0) is 17.6 Å². The summed E-state index contributed by atoms with van der Waals surface area (Å²) in [5.74, 6) is 1.17. The lowest BCUT2D eigenvalue weighted by Gasteiger charge is -2.16. The fourth-order valence-electron chi connectivity index (χ4n) is 1.92. The Morgan fingerprint density at radius 3 is 2.63 bits per heavy atom. The molecule has 1 rings (SSSR count). The van der Waals surface area contributed by atoms with Gasteiger partial charge in [-0.05, 0) is 18.1 Å². The molecule has 0 aliphatic heterocycles. The minimum atomic E-state index is -0.0799. The number of carbonyl (C=O) groups is 1. The summed E-state index contributed by atoms with van der Waals surface area (Å²) in [5.41, 5.74) is 1.79. The number of hydrogen-bond donors (Lipinski definition) is 1. The van der Waals surface area contributed by atoms with Gasteiger partial charge in [-0.15, -0.1) is 0 Å². The number of carbonyl (C=O) groups excluding carboxylic acids is 1. The molecular weight excluding hydrogens is 244 g/mol. The summed E-state index contributed by atoms with van der Waals surface area (Å²) in [5, 5.41) is 11.6. The molecule has 0 aliphatic rings. The Labute approximate surface area is 113 Å². The van der Waals surface area contributed by atoms with E-state index in [-0.39, 0.29) is 5.91 Å². The zero-order valence-electron chi connectivity index (χ0n) is 11.4. The largest absolute Gasteiger partial charge is 0.493 e. The summed E-state index contributed by atoms with van der Waals surface area (Å²) in [7, 11) is 3.13. The van der Waals surface area contributed by atoms with E-state index in [1.54, 1.807) is 20.3 Å². The molecule has 0 bridgehead atoms. The number of nitriles is 1. The first-order valence-electron chi connectivity index (χ1n) is 5.98. The van der Waals surface area contributed by atoms with Gasteiger partial charge in [0.05, 0.1) is 26.7 Å². The number of benzene rings is 1. The number of ether oxygens (including phenoxy) is 2. The molecular formula is C14H18N2O3. The van der Waals surface area contributed by atoms with E-state index < -0.39 is 0 Å². The number of rotatable bonds is 6. The van der Waals surface area contributed by atoms with Crippen LogP contribution in [0.5, 0.6) is 11.5 Å². The summed E-state index contributed by atoms with van der Waals surface area (Å²) in [6.45, 7) is 1.97. The molecule has 0 spiro atoms. The molecule has 0 fully saturated rings. The Kier molecular flexibility index (Phi) is 5.68. The maximum atomic E-state index is 10.9. The van der Waals surface area contributed by atoms with Gasteiger partial charge in [-0.25, -0.2) is 0 Å². The van der Waals surface area contributed by atoms with Crippen molar-refractivity contribution in [3.63, 3.8) is 0 Å². The van der Waals surface area contributed by atoms with E-state index >= 15 is 0 Å². The molecule has 0 saturated heterocycles. The predicted molar refractivity (Wildman–Crippen MR) is 71.3 cm³/mol. The van der Waals surface area contributed by atoms with E-state index in [0.717, 1.165) is 11.1 Å². The summed E-state index contributed by atoms with van der Waals surface area (Å²) in [4.78, 5) is 10.9. The van der Waals surface area contributed by atoms with Crippen LogP contribution in [0, 0.1) is 11.3 Å². The Bertz CT molecular complexity index is 492. The third-order valence-corrected chi connectivity index (χ3v) is 2.76. The topological polar surface area (TPSA) is 71.3 Å². The summed E-state index contributed by atoms with van der Waals surface area (Å²) in [6.07, 6.45) is 0.896. The van der Waals surface area contributed by atoms with Gasteiger partial charge in [-0.3, -0.25) is 4.79 Å². The fraction of sp³-hybridized carbons (Fsp3) is 0.429. The lowest BCUT2D eigenvalue weighted by Crippen LogP contribution is -2.23. The van der Waals surface area contributed by atoms with E-state index in [2.05, 4.69) is 11.4 Å². The summed E-state index contributed by atoms with van der Waals surface area (Å²) >= 11 is 0. The number of nitrogens with zero attached hydrogens (tertiary/aromatic N) is 1. The first-order valence-corrected chi connectivity index (χ1v) is 5.98. The lowest BCUT2D eigenvalue weighted by molar-refractivity contribution is -0.118. The molecule has 0 saturated carbocycles. The highest BCUT2D eigenvalue weighted by atomic mass is 16.5. The third kappa shape index (κ3) is 3.88. The van der Waals surface area contributed by atoms with Crippen LogP contribution < -0.4 is 14.8 Å². The molecule has 5 nitrogen and oxygen atoms in total. The van der Waals surface area contributed by atoms with Crippen LogP contribution >= 0.6 is 0 Å². The van der Waals surface area contributed by atoms with Crippen LogP contribution in [-0.4, -0.2) is 26.7 Å². The van der Waals surface area contributed by atoms with Crippen LogP contribution in [0.1, 0.15) is 18.1 Å². The maximum Gasteiger partial charge on any atom is 0.216 e. The van der Waals surface area contributed by atoms with Crippen molar-refractivity contribution in [1.29, 1.82) is 5.26 Å². The van der Waals surface area contributed by atoms with E-state index in [1.807, 2.05) is 6.07 Å². The molecule has 19 heavy (non-hydrogen) atoms. The van der Waals surface area contributed by atoms with Crippen molar-refractivity contribution >= 4 is 5.91 Å². The zero-order valence-corrected chi connectivity index (χ0v) is 11.4. The van der Waals surface area contributed by atoms with Gasteiger partial charge in [0, 0.05) is 19.0 Å². The molecule has 0 heterocycles. The first kappa shape index (κ1) is 14.8. The van der Waals surface area contributed by atoms with Crippen molar-refractivity contribution in [3.8, 4) is 17.6 Å². The Morgan fingerprint density at radius 1 is 1.37 bits per heavy atom. The molecule has 1 N–H and O–H groups in total. The molecule has 102 valence electrons. The highest BCUT2D eigenvalue weighted by Gasteiger charge is 2.14. The van der Waals surface area contributed by atoms with Gasteiger partial charge < -0.3 is 14.8 Å². The Hall–Kier alpha value is -2.22. The second kappa shape index (κ2) is 7.27. The molecule has 5 heteroatoms. The molecule has 0 aliphatic carbocycles. The van der Waals surface area contributed by atoms with Crippen molar-refractivity contribution in [3.05, 3.63) is 23.3 Å². The minimum Gasteiger partial charge on any atom is -0.493 e. The predicted octanol–water partition coefficient (Wildman–Crippen LogP) is 1.45. The van der Waals surface area contributed by atoms with Gasteiger partial charge in [0.1, 0.15) is 0 Å². The van der Waals surface area contributed by atoms with Crippen LogP contribution in [0.3, 0.4) is 0 Å². The van der Waals surface area contributed by atoms with Gasteiger partial charge in [0.15, 0.2) is 11.5 Å². The quantitative estimate of drug-likeness (QED) is 0.842. The fourth-order valence-corrected chi connectivity index (χ4v) is 1.92. The summed E-state index contributed by atoms with van der Waals surface area (Å²) < 4.78 is 10.6. The van der Waals surface area contributed by atoms with Gasteiger partial charge in [0.25, 0.3) is 0 Å². The van der Waals surface area contributed by atoms with E-state index in [9.17, 15) is 4.79 Å². The highest BCUT2D eigenvalue weighted by Crippen LogP contribution is 2.33. The van der Waals surface area contributed by atoms with Crippen molar-refractivity contribution in [1.82, 2.24) is 5.32 Å². The maximum absolute atomic E-state index is 10.9. The van der Waals surface area contributed by atoms with Crippen molar-refractivity contribution in [2.24, 2.45) is 0 Å². The number of methoxy groups -OCH3 is 2. The molecule has 1 aromatic rings. The second-order valence-electron chi connectivity index (χ2n) is 4.01. The highest BCUT2D eigenvalue weighted by molar-refractivity contribution is 5.72. The van der Waals surface area contributed by atoms with E-state index in [0.29, 0.717) is 30.9 Å². The van der Waals surface area contributed by atoms with E-state index in [4.69, 9.17) is 14.7 Å². The molecule has 1 aromatic carbocycles. The normalized spacial score (nSPS) is 9.58. The standard InChI is InChI=1S/C14H18N2O3/c1-10(17)16-9-7-12-11(6-8-15)4-5-13(18-2)14(12)19-3/h4-5H,6-7,9H2,1-3H3,(H,16,17). The van der Waals surface area contributed by atoms with Crippen LogP contribution in [0.4, 0.5) is 0 Å². The Morgan fingerprint density at radius 2 is 2.11 bits per heavy atom. The molecule has 1 amide bonds. The van der Waals surface area contributed by atoms with Crippen LogP contribution in [0.15, 0.2) is 12.1 Å². The van der Waals surface area contributed by atoms with Crippen LogP contribution in [0.25, 0.3) is 0 Å². The second-order valence-corrected chi connectivity index (χ2v) is 4.01. The van der Waals surface area contributed by atoms with Gasteiger partial charge >= 0.3 is 0 Å². The number of nitrogens with one attached hydrogen (secondary N) is 1. The van der Waals surface area contributed by atoms with Crippen molar-refractivity contribution in [2.75, 3.05) is 20.8 Å². The molecule has 0 aromatic heterocycles. The zero-order chi connectivity index (χ0) is 14.3. The van der Waals surface area contributed by atoms with Crippen LogP contribution in [0.2, 0.25) is 0 Å². The first-order chi connectivity index (χ1) is 9.13. The lowest BCUT2D eigenvalue weighted by atomic mass is 10.0. The van der Waals surface area contributed by atoms with Gasteiger partial charge in [0.2, 0.25) is 5.91 Å². The van der Waals surface area contributed by atoms with Gasteiger partial charge in [-0.2, -0.15) is 5.26 Å². The molecule has 0 radical (unpaired) electrons. The third-order valence-electron chi connectivity index (χ3n) is 2.76. The number of hydrogen-bond acceptors (Lipinski definition) is 4. The Balaban J connectivity index is 3.06.